The number of hydrogen-bond donors (Lipinski definition) is 1. The van der Waals surface area contributed by atoms with Crippen LogP contribution in [0.15, 0.2) is 12.1 Å². The Hall–Kier alpha value is -1.16. The summed E-state index contributed by atoms with van der Waals surface area (Å²) >= 11 is 0. The van der Waals surface area contributed by atoms with E-state index in [1.165, 1.54) is 12.1 Å². The largest absolute Gasteiger partial charge is 0.367 e. The molecule has 0 atom stereocenters. The molecule has 118 valence electrons. The lowest BCUT2D eigenvalue weighted by Gasteiger charge is -2.32. The Morgan fingerprint density at radius 1 is 1.19 bits per heavy atom. The minimum atomic E-state index is -0.439. The van der Waals surface area contributed by atoms with Crippen molar-refractivity contribution in [3.05, 3.63) is 29.3 Å². The van der Waals surface area contributed by atoms with Crippen molar-refractivity contribution >= 4 is 5.69 Å². The van der Waals surface area contributed by atoms with E-state index in [1.54, 1.807) is 0 Å². The first-order chi connectivity index (χ1) is 9.97. The standard InChI is InChI=1S/C17H26F2N2/c1-12(2)10-20-11-14-8-15(18)17(16(19)9-14)21-6-4-13(3)5-7-21/h8-9,12-13,20H,4-7,10-11H2,1-3H3. The number of nitrogens with zero attached hydrogens (tertiary/aromatic N) is 1. The normalized spacial score (nSPS) is 16.8. The third-order valence-electron chi connectivity index (χ3n) is 4.06. The fraction of sp³-hybridized carbons (Fsp3) is 0.647. The van der Waals surface area contributed by atoms with Crippen molar-refractivity contribution < 1.29 is 8.78 Å². The molecule has 21 heavy (non-hydrogen) atoms. The van der Waals surface area contributed by atoms with Crippen LogP contribution in [0.5, 0.6) is 0 Å². The Morgan fingerprint density at radius 3 is 2.29 bits per heavy atom. The van der Waals surface area contributed by atoms with E-state index in [1.807, 2.05) is 4.90 Å². The average molecular weight is 296 g/mol. The van der Waals surface area contributed by atoms with E-state index in [9.17, 15) is 8.78 Å². The van der Waals surface area contributed by atoms with E-state index >= 15 is 0 Å². The molecule has 0 spiro atoms. The maximum Gasteiger partial charge on any atom is 0.149 e. The van der Waals surface area contributed by atoms with Gasteiger partial charge in [0.05, 0.1) is 0 Å². The zero-order chi connectivity index (χ0) is 15.4. The van der Waals surface area contributed by atoms with Gasteiger partial charge in [-0.15, -0.1) is 0 Å². The van der Waals surface area contributed by atoms with Crippen LogP contribution < -0.4 is 10.2 Å². The van der Waals surface area contributed by atoms with Crippen LogP contribution in [0.3, 0.4) is 0 Å². The van der Waals surface area contributed by atoms with Crippen LogP contribution in [0.2, 0.25) is 0 Å². The summed E-state index contributed by atoms with van der Waals surface area (Å²) in [5.41, 5.74) is 0.814. The number of rotatable bonds is 5. The van der Waals surface area contributed by atoms with Crippen LogP contribution in [0, 0.1) is 23.5 Å². The number of benzene rings is 1. The molecule has 1 saturated heterocycles. The highest BCUT2D eigenvalue weighted by molar-refractivity contribution is 5.51. The number of piperidine rings is 1. The second-order valence-electron chi connectivity index (χ2n) is 6.60. The van der Waals surface area contributed by atoms with Gasteiger partial charge in [-0.3, -0.25) is 0 Å². The van der Waals surface area contributed by atoms with Gasteiger partial charge in [-0.2, -0.15) is 0 Å². The maximum atomic E-state index is 14.3. The highest BCUT2D eigenvalue weighted by atomic mass is 19.1. The first kappa shape index (κ1) is 16.2. The number of halogens is 2. The van der Waals surface area contributed by atoms with Gasteiger partial charge in [0.1, 0.15) is 17.3 Å². The summed E-state index contributed by atoms with van der Waals surface area (Å²) in [7, 11) is 0. The van der Waals surface area contributed by atoms with Crippen molar-refractivity contribution in [2.24, 2.45) is 11.8 Å². The molecule has 1 aromatic rings. The molecule has 1 heterocycles. The molecule has 0 amide bonds. The Morgan fingerprint density at radius 2 is 1.76 bits per heavy atom. The predicted molar refractivity (Wildman–Crippen MR) is 83.5 cm³/mol. The SMILES string of the molecule is CC(C)CNCc1cc(F)c(N2CCC(C)CC2)c(F)c1. The summed E-state index contributed by atoms with van der Waals surface area (Å²) in [6, 6.07) is 2.92. The van der Waals surface area contributed by atoms with Gasteiger partial charge in [0.25, 0.3) is 0 Å². The van der Waals surface area contributed by atoms with E-state index in [-0.39, 0.29) is 5.69 Å². The Labute approximate surface area is 126 Å². The monoisotopic (exact) mass is 296 g/mol. The second-order valence-corrected chi connectivity index (χ2v) is 6.60. The van der Waals surface area contributed by atoms with Crippen molar-refractivity contribution in [2.45, 2.75) is 40.2 Å². The maximum absolute atomic E-state index is 14.3. The summed E-state index contributed by atoms with van der Waals surface area (Å²) in [5.74, 6) is 0.290. The van der Waals surface area contributed by atoms with Gasteiger partial charge in [-0.25, -0.2) is 8.78 Å². The molecule has 0 aliphatic carbocycles. The zero-order valence-electron chi connectivity index (χ0n) is 13.3. The van der Waals surface area contributed by atoms with E-state index in [2.05, 4.69) is 26.1 Å². The van der Waals surface area contributed by atoms with E-state index in [0.29, 0.717) is 23.9 Å². The highest BCUT2D eigenvalue weighted by Gasteiger charge is 2.22. The third kappa shape index (κ3) is 4.40. The number of anilines is 1. The smallest absolute Gasteiger partial charge is 0.149 e. The predicted octanol–water partition coefficient (Wildman–Crippen LogP) is 3.95. The molecule has 1 N–H and O–H groups in total. The van der Waals surface area contributed by atoms with Crippen molar-refractivity contribution in [1.82, 2.24) is 5.32 Å². The van der Waals surface area contributed by atoms with Crippen molar-refractivity contribution in [3.8, 4) is 0 Å². The molecule has 0 radical (unpaired) electrons. The van der Waals surface area contributed by atoms with E-state index in [0.717, 1.165) is 32.5 Å². The molecule has 0 bridgehead atoms. The lowest BCUT2D eigenvalue weighted by atomic mass is 9.98. The van der Waals surface area contributed by atoms with Crippen LogP contribution in [-0.2, 0) is 6.54 Å². The fourth-order valence-corrected chi connectivity index (χ4v) is 2.76. The Bertz CT molecular complexity index is 443. The summed E-state index contributed by atoms with van der Waals surface area (Å²) in [6.45, 7) is 9.22. The lowest BCUT2D eigenvalue weighted by molar-refractivity contribution is 0.429. The van der Waals surface area contributed by atoms with Crippen LogP contribution in [0.25, 0.3) is 0 Å². The molecule has 0 unspecified atom stereocenters. The van der Waals surface area contributed by atoms with E-state index in [4.69, 9.17) is 0 Å². The molecule has 0 saturated carbocycles. The number of nitrogens with one attached hydrogen (secondary N) is 1. The third-order valence-corrected chi connectivity index (χ3v) is 4.06. The van der Waals surface area contributed by atoms with Crippen LogP contribution in [-0.4, -0.2) is 19.6 Å². The molecule has 1 aliphatic rings. The first-order valence-electron chi connectivity index (χ1n) is 7.91. The molecule has 0 aromatic heterocycles. The van der Waals surface area contributed by atoms with Crippen molar-refractivity contribution in [2.75, 3.05) is 24.5 Å². The summed E-state index contributed by atoms with van der Waals surface area (Å²) in [4.78, 5) is 1.84. The van der Waals surface area contributed by atoms with Gasteiger partial charge in [0, 0.05) is 19.6 Å². The van der Waals surface area contributed by atoms with Crippen LogP contribution in [0.4, 0.5) is 14.5 Å². The van der Waals surface area contributed by atoms with Gasteiger partial charge in [-0.1, -0.05) is 20.8 Å². The minimum Gasteiger partial charge on any atom is -0.367 e. The summed E-state index contributed by atoms with van der Waals surface area (Å²) < 4.78 is 28.5. The molecule has 1 aliphatic heterocycles. The van der Waals surface area contributed by atoms with Gasteiger partial charge in [0.15, 0.2) is 0 Å². The number of hydrogen-bond acceptors (Lipinski definition) is 2. The summed E-state index contributed by atoms with van der Waals surface area (Å²) in [6.07, 6.45) is 1.99. The molecule has 2 nitrogen and oxygen atoms in total. The zero-order valence-corrected chi connectivity index (χ0v) is 13.3. The molecule has 4 heteroatoms. The molecule has 2 rings (SSSR count). The van der Waals surface area contributed by atoms with Gasteiger partial charge < -0.3 is 10.2 Å². The molecule has 1 fully saturated rings. The van der Waals surface area contributed by atoms with Crippen molar-refractivity contribution in [3.63, 3.8) is 0 Å². The van der Waals surface area contributed by atoms with Gasteiger partial charge in [0.2, 0.25) is 0 Å². The van der Waals surface area contributed by atoms with Crippen LogP contribution in [0.1, 0.15) is 39.2 Å². The second kappa shape index (κ2) is 7.21. The topological polar surface area (TPSA) is 15.3 Å². The Kier molecular flexibility index (Phi) is 5.57. The van der Waals surface area contributed by atoms with Gasteiger partial charge in [-0.05, 0) is 48.9 Å². The lowest BCUT2D eigenvalue weighted by Crippen LogP contribution is -2.34. The average Bonchev–Trinajstić information content (AvgIpc) is 2.40. The highest BCUT2D eigenvalue weighted by Crippen LogP contribution is 2.29. The van der Waals surface area contributed by atoms with Crippen molar-refractivity contribution in [1.29, 1.82) is 0 Å². The molecular formula is C17H26F2N2. The molecular weight excluding hydrogens is 270 g/mol. The quantitative estimate of drug-likeness (QED) is 0.885. The first-order valence-corrected chi connectivity index (χ1v) is 7.91. The minimum absolute atomic E-state index is 0.148. The Balaban J connectivity index is 2.06. The van der Waals surface area contributed by atoms with Gasteiger partial charge >= 0.3 is 0 Å². The molecule has 1 aromatic carbocycles. The fourth-order valence-electron chi connectivity index (χ4n) is 2.76. The summed E-state index contributed by atoms with van der Waals surface area (Å²) in [5, 5.41) is 3.21. The van der Waals surface area contributed by atoms with E-state index < -0.39 is 11.6 Å². The van der Waals surface area contributed by atoms with Crippen LogP contribution >= 0.6 is 0 Å².